The maximum Gasteiger partial charge on any atom is 0.137 e. The Morgan fingerprint density at radius 1 is 1.48 bits per heavy atom. The molecule has 0 aliphatic carbocycles. The average Bonchev–Trinajstić information content (AvgIpc) is 3.09. The van der Waals surface area contributed by atoms with Crippen LogP contribution in [0.25, 0.3) is 0 Å². The molecule has 1 fully saturated rings. The van der Waals surface area contributed by atoms with Gasteiger partial charge in [-0.2, -0.15) is 5.10 Å². The van der Waals surface area contributed by atoms with Crippen LogP contribution in [0.1, 0.15) is 12.0 Å². The average molecular weight is 328 g/mol. The first kappa shape index (κ1) is 14.8. The van der Waals surface area contributed by atoms with Gasteiger partial charge in [0.1, 0.15) is 18.3 Å². The highest BCUT2D eigenvalue weighted by Crippen LogP contribution is 2.42. The van der Waals surface area contributed by atoms with Crippen molar-refractivity contribution in [1.82, 2.24) is 14.8 Å². The van der Waals surface area contributed by atoms with Gasteiger partial charge in [-0.1, -0.05) is 29.3 Å². The summed E-state index contributed by atoms with van der Waals surface area (Å²) in [7, 11) is 1.68. The minimum Gasteiger partial charge on any atom is -0.379 e. The molecule has 1 aromatic heterocycles. The van der Waals surface area contributed by atoms with Crippen LogP contribution in [0.2, 0.25) is 10.0 Å². The molecule has 112 valence electrons. The molecule has 1 saturated heterocycles. The van der Waals surface area contributed by atoms with Gasteiger partial charge in [-0.15, -0.1) is 0 Å². The first-order chi connectivity index (χ1) is 10.1. The van der Waals surface area contributed by atoms with Crippen molar-refractivity contribution in [3.05, 3.63) is 46.5 Å². The van der Waals surface area contributed by atoms with Gasteiger partial charge >= 0.3 is 0 Å². The molecule has 0 N–H and O–H groups in total. The largest absolute Gasteiger partial charge is 0.379 e. The molecule has 0 spiro atoms. The zero-order valence-electron chi connectivity index (χ0n) is 11.5. The third-order valence-corrected chi connectivity index (χ3v) is 4.29. The van der Waals surface area contributed by atoms with E-state index in [2.05, 4.69) is 10.1 Å². The first-order valence-electron chi connectivity index (χ1n) is 6.58. The van der Waals surface area contributed by atoms with Gasteiger partial charge in [0, 0.05) is 29.1 Å². The number of halogens is 2. The van der Waals surface area contributed by atoms with Crippen LogP contribution in [0.15, 0.2) is 30.9 Å². The van der Waals surface area contributed by atoms with Gasteiger partial charge in [0.25, 0.3) is 0 Å². The van der Waals surface area contributed by atoms with E-state index >= 15 is 0 Å². The van der Waals surface area contributed by atoms with Crippen LogP contribution < -0.4 is 0 Å². The molecule has 21 heavy (non-hydrogen) atoms. The normalized spacial score (nSPS) is 25.4. The third-order valence-electron chi connectivity index (χ3n) is 3.74. The van der Waals surface area contributed by atoms with Crippen molar-refractivity contribution < 1.29 is 9.47 Å². The molecule has 1 aliphatic rings. The Hall–Kier alpha value is -1.14. The summed E-state index contributed by atoms with van der Waals surface area (Å²) in [5.41, 5.74) is 0.305. The SMILES string of the molecule is CO[C@H]1CO[C@](Cn2cncn2)(c2ccc(Cl)cc2Cl)C1. The van der Waals surface area contributed by atoms with Crippen molar-refractivity contribution in [1.29, 1.82) is 0 Å². The lowest BCUT2D eigenvalue weighted by Crippen LogP contribution is -2.32. The number of rotatable bonds is 4. The molecule has 0 radical (unpaired) electrons. The predicted molar refractivity (Wildman–Crippen MR) is 79.5 cm³/mol. The second-order valence-electron chi connectivity index (χ2n) is 5.08. The Morgan fingerprint density at radius 3 is 2.95 bits per heavy atom. The molecule has 5 nitrogen and oxygen atoms in total. The van der Waals surface area contributed by atoms with Crippen LogP contribution in [0.5, 0.6) is 0 Å². The molecular formula is C14H15Cl2N3O2. The highest BCUT2D eigenvalue weighted by atomic mass is 35.5. The lowest BCUT2D eigenvalue weighted by atomic mass is 9.90. The second kappa shape index (κ2) is 5.93. The number of aromatic nitrogens is 3. The highest BCUT2D eigenvalue weighted by molar-refractivity contribution is 6.35. The van der Waals surface area contributed by atoms with E-state index in [-0.39, 0.29) is 6.10 Å². The lowest BCUT2D eigenvalue weighted by Gasteiger charge is -2.29. The smallest absolute Gasteiger partial charge is 0.137 e. The van der Waals surface area contributed by atoms with Crippen molar-refractivity contribution in [3.8, 4) is 0 Å². The van der Waals surface area contributed by atoms with Crippen molar-refractivity contribution >= 4 is 23.2 Å². The van der Waals surface area contributed by atoms with Crippen molar-refractivity contribution in [2.24, 2.45) is 0 Å². The molecule has 1 aliphatic heterocycles. The van der Waals surface area contributed by atoms with Gasteiger partial charge in [-0.05, 0) is 12.1 Å². The van der Waals surface area contributed by atoms with Crippen molar-refractivity contribution in [2.45, 2.75) is 24.7 Å². The molecular weight excluding hydrogens is 313 g/mol. The van der Waals surface area contributed by atoms with E-state index < -0.39 is 5.60 Å². The van der Waals surface area contributed by atoms with E-state index in [4.69, 9.17) is 32.7 Å². The number of benzene rings is 1. The van der Waals surface area contributed by atoms with Crippen LogP contribution in [0, 0.1) is 0 Å². The summed E-state index contributed by atoms with van der Waals surface area (Å²) in [4.78, 5) is 3.98. The summed E-state index contributed by atoms with van der Waals surface area (Å²) in [6.45, 7) is 1.04. The summed E-state index contributed by atoms with van der Waals surface area (Å²) >= 11 is 12.4. The Bertz CT molecular complexity index is 621. The number of ether oxygens (including phenoxy) is 2. The molecule has 2 aromatic rings. The van der Waals surface area contributed by atoms with E-state index in [1.54, 1.807) is 24.2 Å². The van der Waals surface area contributed by atoms with E-state index in [9.17, 15) is 0 Å². The van der Waals surface area contributed by atoms with Crippen LogP contribution >= 0.6 is 23.2 Å². The zero-order valence-corrected chi connectivity index (χ0v) is 13.0. The van der Waals surface area contributed by atoms with Gasteiger partial charge in [0.2, 0.25) is 0 Å². The first-order valence-corrected chi connectivity index (χ1v) is 7.33. The molecule has 7 heteroatoms. The van der Waals surface area contributed by atoms with E-state index in [1.807, 2.05) is 12.1 Å². The fourth-order valence-electron chi connectivity index (χ4n) is 2.71. The minimum absolute atomic E-state index is 0.0280. The van der Waals surface area contributed by atoms with Crippen LogP contribution in [0.4, 0.5) is 0 Å². The molecule has 3 rings (SSSR count). The fraction of sp³-hybridized carbons (Fsp3) is 0.429. The number of hydrogen-bond donors (Lipinski definition) is 0. The molecule has 1 aromatic carbocycles. The predicted octanol–water partition coefficient (Wildman–Crippen LogP) is 2.92. The molecule has 0 unspecified atom stereocenters. The molecule has 2 heterocycles. The van der Waals surface area contributed by atoms with Gasteiger partial charge in [-0.25, -0.2) is 9.67 Å². The summed E-state index contributed by atoms with van der Waals surface area (Å²) < 4.78 is 13.3. The maximum absolute atomic E-state index is 6.38. The van der Waals surface area contributed by atoms with Crippen molar-refractivity contribution in [2.75, 3.05) is 13.7 Å². The summed E-state index contributed by atoms with van der Waals surface area (Å²) in [6.07, 6.45) is 3.89. The van der Waals surface area contributed by atoms with Crippen LogP contribution in [-0.4, -0.2) is 34.6 Å². The second-order valence-corrected chi connectivity index (χ2v) is 5.93. The van der Waals surface area contributed by atoms with Gasteiger partial charge < -0.3 is 9.47 Å². The molecule has 0 bridgehead atoms. The number of nitrogens with zero attached hydrogens (tertiary/aromatic N) is 3. The Labute approximate surface area is 132 Å². The topological polar surface area (TPSA) is 49.2 Å². The van der Waals surface area contributed by atoms with Crippen LogP contribution in [-0.2, 0) is 21.6 Å². The van der Waals surface area contributed by atoms with E-state index in [0.717, 1.165) is 5.56 Å². The molecule has 0 saturated carbocycles. The summed E-state index contributed by atoms with van der Waals surface area (Å²) in [5.74, 6) is 0. The van der Waals surface area contributed by atoms with Crippen LogP contribution in [0.3, 0.4) is 0 Å². The fourth-order valence-corrected chi connectivity index (χ4v) is 3.29. The van der Waals surface area contributed by atoms with E-state index in [1.165, 1.54) is 6.33 Å². The third kappa shape index (κ3) is 2.92. The monoisotopic (exact) mass is 327 g/mol. The zero-order chi connectivity index (χ0) is 14.9. The summed E-state index contributed by atoms with van der Waals surface area (Å²) in [5, 5.41) is 5.34. The standard InChI is InChI=1S/C14H15Cl2N3O2/c1-20-11-5-14(21-6-11,7-19-9-17-8-18-19)12-3-2-10(15)4-13(12)16/h2-4,8-9,11H,5-7H2,1H3/t11-,14-/m1/s1. The molecule has 0 amide bonds. The van der Waals surface area contributed by atoms with E-state index in [0.29, 0.717) is 29.6 Å². The maximum atomic E-state index is 6.38. The lowest BCUT2D eigenvalue weighted by molar-refractivity contribution is -0.0199. The number of hydrogen-bond acceptors (Lipinski definition) is 4. The summed E-state index contributed by atoms with van der Waals surface area (Å²) in [6, 6.07) is 5.44. The van der Waals surface area contributed by atoms with Gasteiger partial charge in [-0.3, -0.25) is 0 Å². The van der Waals surface area contributed by atoms with Crippen molar-refractivity contribution in [3.63, 3.8) is 0 Å². The minimum atomic E-state index is -0.587. The molecule has 2 atom stereocenters. The Balaban J connectivity index is 1.99. The number of methoxy groups -OCH3 is 1. The van der Waals surface area contributed by atoms with Gasteiger partial charge in [0.05, 0.1) is 19.3 Å². The Morgan fingerprint density at radius 2 is 2.33 bits per heavy atom. The highest BCUT2D eigenvalue weighted by Gasteiger charge is 2.44. The quantitative estimate of drug-likeness (QED) is 0.866. The van der Waals surface area contributed by atoms with Gasteiger partial charge in [0.15, 0.2) is 0 Å². The Kier molecular flexibility index (Phi) is 4.17.